The molecule has 0 spiro atoms. The van der Waals surface area contributed by atoms with Crippen molar-refractivity contribution in [3.05, 3.63) is 76.6 Å². The second kappa shape index (κ2) is 10.1. The van der Waals surface area contributed by atoms with Crippen LogP contribution in [-0.4, -0.2) is 21.9 Å². The van der Waals surface area contributed by atoms with Gasteiger partial charge in [0.2, 0.25) is 0 Å². The minimum absolute atomic E-state index is 0.297. The Bertz CT molecular complexity index is 994. The number of methoxy groups -OCH3 is 1. The molecule has 1 atom stereocenters. The number of allylic oxidation sites excluding steroid dienone is 1. The number of ether oxygens (including phenoxy) is 2. The standard InChI is InChI=1S/C21H21Cl2N3O2S/c1-4-10-26-20(14(2)28-17-7-5-6-16(12-17)27-3)24-25-21(26)29-13-15-8-9-18(22)19(23)11-15/h4-9,11-12,14H,1,10,13H2,2-3H3. The van der Waals surface area contributed by atoms with Crippen LogP contribution in [0.15, 0.2) is 60.3 Å². The van der Waals surface area contributed by atoms with Crippen LogP contribution >= 0.6 is 35.0 Å². The fraction of sp³-hybridized carbons (Fsp3) is 0.238. The molecule has 1 aromatic heterocycles. The first-order chi connectivity index (χ1) is 14.0. The van der Waals surface area contributed by atoms with E-state index in [1.54, 1.807) is 24.9 Å². The van der Waals surface area contributed by atoms with Crippen LogP contribution in [0, 0.1) is 0 Å². The van der Waals surface area contributed by atoms with Crippen LogP contribution in [0.3, 0.4) is 0 Å². The van der Waals surface area contributed by atoms with Gasteiger partial charge in [0, 0.05) is 18.4 Å². The molecule has 0 fully saturated rings. The van der Waals surface area contributed by atoms with Gasteiger partial charge < -0.3 is 9.47 Å². The van der Waals surface area contributed by atoms with E-state index < -0.39 is 0 Å². The molecular formula is C21H21Cl2N3O2S. The Morgan fingerprint density at radius 1 is 1.14 bits per heavy atom. The number of nitrogens with zero attached hydrogens (tertiary/aromatic N) is 3. The summed E-state index contributed by atoms with van der Waals surface area (Å²) in [6, 6.07) is 13.1. The highest BCUT2D eigenvalue weighted by atomic mass is 35.5. The SMILES string of the molecule is C=CCn1c(SCc2ccc(Cl)c(Cl)c2)nnc1C(C)Oc1cccc(OC)c1. The Labute approximate surface area is 184 Å². The molecule has 1 heterocycles. The zero-order chi connectivity index (χ0) is 20.8. The number of halogens is 2. The van der Waals surface area contributed by atoms with Gasteiger partial charge in [-0.3, -0.25) is 4.57 Å². The maximum absolute atomic E-state index is 6.11. The number of thioether (sulfide) groups is 1. The van der Waals surface area contributed by atoms with Crippen molar-refractivity contribution in [3.8, 4) is 11.5 Å². The van der Waals surface area contributed by atoms with Crippen molar-refractivity contribution in [3.63, 3.8) is 0 Å². The first kappa shape index (κ1) is 21.6. The first-order valence-electron chi connectivity index (χ1n) is 8.93. The van der Waals surface area contributed by atoms with Gasteiger partial charge in [-0.15, -0.1) is 16.8 Å². The van der Waals surface area contributed by atoms with Gasteiger partial charge in [-0.1, -0.05) is 53.2 Å². The second-order valence-corrected chi connectivity index (χ2v) is 7.97. The van der Waals surface area contributed by atoms with Gasteiger partial charge in [-0.25, -0.2) is 0 Å². The molecule has 0 aliphatic heterocycles. The molecule has 0 radical (unpaired) electrons. The van der Waals surface area contributed by atoms with Crippen LogP contribution in [0.5, 0.6) is 11.5 Å². The van der Waals surface area contributed by atoms with Gasteiger partial charge in [0.15, 0.2) is 17.1 Å². The zero-order valence-corrected chi connectivity index (χ0v) is 18.5. The normalized spacial score (nSPS) is 11.9. The molecule has 0 aliphatic carbocycles. The van der Waals surface area contributed by atoms with E-state index in [0.29, 0.717) is 28.1 Å². The molecule has 5 nitrogen and oxygen atoms in total. The van der Waals surface area contributed by atoms with Crippen molar-refractivity contribution < 1.29 is 9.47 Å². The van der Waals surface area contributed by atoms with Crippen molar-refractivity contribution in [1.82, 2.24) is 14.8 Å². The molecule has 0 bridgehead atoms. The van der Waals surface area contributed by atoms with Crippen molar-refractivity contribution in [1.29, 1.82) is 0 Å². The van der Waals surface area contributed by atoms with Gasteiger partial charge in [0.05, 0.1) is 17.2 Å². The summed E-state index contributed by atoms with van der Waals surface area (Å²) < 4.78 is 13.3. The molecule has 3 rings (SSSR count). The van der Waals surface area contributed by atoms with E-state index in [9.17, 15) is 0 Å². The number of benzene rings is 2. The summed E-state index contributed by atoms with van der Waals surface area (Å²) in [6.45, 7) is 6.37. The minimum Gasteiger partial charge on any atom is -0.497 e. The maximum Gasteiger partial charge on any atom is 0.191 e. The highest BCUT2D eigenvalue weighted by molar-refractivity contribution is 7.98. The average molecular weight is 450 g/mol. The van der Waals surface area contributed by atoms with Crippen molar-refractivity contribution in [2.45, 2.75) is 30.5 Å². The molecule has 0 aliphatic rings. The highest BCUT2D eigenvalue weighted by Crippen LogP contribution is 2.30. The lowest BCUT2D eigenvalue weighted by molar-refractivity contribution is 0.209. The lowest BCUT2D eigenvalue weighted by Crippen LogP contribution is -2.12. The summed E-state index contributed by atoms with van der Waals surface area (Å²) in [6.07, 6.45) is 1.52. The van der Waals surface area contributed by atoms with Crippen LogP contribution in [0.1, 0.15) is 24.4 Å². The largest absolute Gasteiger partial charge is 0.497 e. The molecule has 152 valence electrons. The Balaban J connectivity index is 1.76. The zero-order valence-electron chi connectivity index (χ0n) is 16.1. The van der Waals surface area contributed by atoms with E-state index in [-0.39, 0.29) is 6.10 Å². The third-order valence-electron chi connectivity index (χ3n) is 4.13. The lowest BCUT2D eigenvalue weighted by atomic mass is 10.2. The van der Waals surface area contributed by atoms with E-state index in [1.807, 2.05) is 54.0 Å². The van der Waals surface area contributed by atoms with Crippen molar-refractivity contribution in [2.24, 2.45) is 0 Å². The summed E-state index contributed by atoms with van der Waals surface area (Å²) in [4.78, 5) is 0. The molecule has 0 saturated carbocycles. The number of aromatic nitrogens is 3. The number of hydrogen-bond acceptors (Lipinski definition) is 5. The van der Waals surface area contributed by atoms with Gasteiger partial charge >= 0.3 is 0 Å². The Hall–Kier alpha value is -2.15. The summed E-state index contributed by atoms with van der Waals surface area (Å²) in [5.41, 5.74) is 1.06. The van der Waals surface area contributed by atoms with Gasteiger partial charge in [0.1, 0.15) is 11.5 Å². The van der Waals surface area contributed by atoms with Crippen molar-refractivity contribution in [2.75, 3.05) is 7.11 Å². The third-order valence-corrected chi connectivity index (χ3v) is 5.90. The quantitative estimate of drug-likeness (QED) is 0.287. The van der Waals surface area contributed by atoms with Gasteiger partial charge in [0.25, 0.3) is 0 Å². The van der Waals surface area contributed by atoms with Gasteiger partial charge in [-0.2, -0.15) is 0 Å². The molecule has 1 unspecified atom stereocenters. The van der Waals surface area contributed by atoms with E-state index in [4.69, 9.17) is 32.7 Å². The summed E-state index contributed by atoms with van der Waals surface area (Å²) in [7, 11) is 1.63. The van der Waals surface area contributed by atoms with Crippen LogP contribution in [0.4, 0.5) is 0 Å². The monoisotopic (exact) mass is 449 g/mol. The third kappa shape index (κ3) is 5.47. The van der Waals surface area contributed by atoms with Crippen LogP contribution in [-0.2, 0) is 12.3 Å². The summed E-state index contributed by atoms with van der Waals surface area (Å²) >= 11 is 13.7. The van der Waals surface area contributed by atoms with E-state index in [1.165, 1.54) is 0 Å². The first-order valence-corrected chi connectivity index (χ1v) is 10.7. The maximum atomic E-state index is 6.11. The molecule has 3 aromatic rings. The fourth-order valence-corrected chi connectivity index (χ4v) is 3.94. The van der Waals surface area contributed by atoms with E-state index >= 15 is 0 Å². The smallest absolute Gasteiger partial charge is 0.191 e. The highest BCUT2D eigenvalue weighted by Gasteiger charge is 2.19. The van der Waals surface area contributed by atoms with Crippen LogP contribution in [0.2, 0.25) is 10.0 Å². The predicted octanol–water partition coefficient (Wildman–Crippen LogP) is 6.21. The minimum atomic E-state index is -0.297. The molecule has 8 heteroatoms. The molecule has 29 heavy (non-hydrogen) atoms. The predicted molar refractivity (Wildman–Crippen MR) is 118 cm³/mol. The van der Waals surface area contributed by atoms with E-state index in [2.05, 4.69) is 16.8 Å². The van der Waals surface area contributed by atoms with Crippen LogP contribution < -0.4 is 9.47 Å². The lowest BCUT2D eigenvalue weighted by Gasteiger charge is -2.16. The molecule has 0 N–H and O–H groups in total. The molecular weight excluding hydrogens is 429 g/mol. The average Bonchev–Trinajstić information content (AvgIpc) is 3.12. The fourth-order valence-electron chi connectivity index (χ4n) is 2.72. The Kier molecular flexibility index (Phi) is 7.47. The van der Waals surface area contributed by atoms with Crippen LogP contribution in [0.25, 0.3) is 0 Å². The van der Waals surface area contributed by atoms with Gasteiger partial charge in [-0.05, 0) is 36.8 Å². The van der Waals surface area contributed by atoms with Crippen molar-refractivity contribution >= 4 is 35.0 Å². The molecule has 0 saturated heterocycles. The Morgan fingerprint density at radius 2 is 1.93 bits per heavy atom. The summed E-state index contributed by atoms with van der Waals surface area (Å²) in [5, 5.41) is 10.6. The van der Waals surface area contributed by atoms with E-state index in [0.717, 1.165) is 22.3 Å². The summed E-state index contributed by atoms with van der Waals surface area (Å²) in [5.74, 6) is 2.86. The number of rotatable bonds is 9. The Morgan fingerprint density at radius 3 is 2.66 bits per heavy atom. The topological polar surface area (TPSA) is 49.2 Å². The second-order valence-electron chi connectivity index (χ2n) is 6.22. The molecule has 2 aromatic carbocycles. The number of hydrogen-bond donors (Lipinski definition) is 0. The molecule has 0 amide bonds.